The minimum atomic E-state index is -0.104. The molecule has 8 heteroatoms. The summed E-state index contributed by atoms with van der Waals surface area (Å²) in [6, 6.07) is 21.7. The van der Waals surface area contributed by atoms with Crippen LogP contribution in [0.4, 0.5) is 0 Å². The lowest BCUT2D eigenvalue weighted by Gasteiger charge is -2.21. The molecule has 0 N–H and O–H groups in total. The van der Waals surface area contributed by atoms with E-state index in [-0.39, 0.29) is 17.5 Å². The third-order valence-electron chi connectivity index (χ3n) is 6.69. The Kier molecular flexibility index (Phi) is 6.05. The zero-order valence-corrected chi connectivity index (χ0v) is 20.9. The lowest BCUT2D eigenvalue weighted by molar-refractivity contribution is 0.380. The first-order chi connectivity index (χ1) is 18.6. The van der Waals surface area contributed by atoms with Crippen molar-refractivity contribution in [1.29, 1.82) is 0 Å². The van der Waals surface area contributed by atoms with E-state index < -0.39 is 0 Å². The van der Waals surface area contributed by atoms with Gasteiger partial charge in [-0.15, -0.1) is 0 Å². The van der Waals surface area contributed by atoms with Gasteiger partial charge in [-0.3, -0.25) is 14.3 Å². The van der Waals surface area contributed by atoms with E-state index in [2.05, 4.69) is 37.9 Å². The van der Waals surface area contributed by atoms with Crippen LogP contribution in [0.3, 0.4) is 0 Å². The van der Waals surface area contributed by atoms with E-state index in [0.717, 1.165) is 44.6 Å². The summed E-state index contributed by atoms with van der Waals surface area (Å²) in [7, 11) is 1.52. The molecule has 1 atom stereocenters. The first-order valence-electron chi connectivity index (χ1n) is 12.3. The lowest BCUT2D eigenvalue weighted by Crippen LogP contribution is -2.24. The number of para-hydroxylation sites is 1. The van der Waals surface area contributed by atoms with Gasteiger partial charge in [-0.25, -0.2) is 19.9 Å². The highest BCUT2D eigenvalue weighted by atomic mass is 16.5. The van der Waals surface area contributed by atoms with Crippen molar-refractivity contribution in [1.82, 2.24) is 29.5 Å². The van der Waals surface area contributed by atoms with Gasteiger partial charge in [0.25, 0.3) is 5.56 Å². The Bertz CT molecular complexity index is 1810. The predicted octanol–water partition coefficient (Wildman–Crippen LogP) is 5.14. The fraction of sp³-hybridized carbons (Fsp3) is 0.133. The van der Waals surface area contributed by atoms with Crippen molar-refractivity contribution in [3.8, 4) is 22.8 Å². The number of pyridine rings is 2. The molecule has 186 valence electrons. The topological polar surface area (TPSA) is 95.7 Å². The number of benzene rings is 2. The largest absolute Gasteiger partial charge is 0.467 e. The Morgan fingerprint density at radius 3 is 2.50 bits per heavy atom. The van der Waals surface area contributed by atoms with Gasteiger partial charge in [0.15, 0.2) is 0 Å². The molecule has 38 heavy (non-hydrogen) atoms. The Morgan fingerprint density at radius 2 is 1.71 bits per heavy atom. The summed E-state index contributed by atoms with van der Waals surface area (Å²) < 4.78 is 6.91. The molecule has 6 aromatic rings. The highest BCUT2D eigenvalue weighted by Gasteiger charge is 2.20. The summed E-state index contributed by atoms with van der Waals surface area (Å²) in [5.41, 5.74) is 5.52. The van der Waals surface area contributed by atoms with Crippen LogP contribution in [0.1, 0.15) is 24.2 Å². The highest BCUT2D eigenvalue weighted by molar-refractivity contribution is 5.96. The van der Waals surface area contributed by atoms with Gasteiger partial charge in [0.2, 0.25) is 0 Å². The lowest BCUT2D eigenvalue weighted by atomic mass is 9.95. The van der Waals surface area contributed by atoms with Crippen molar-refractivity contribution in [2.24, 2.45) is 0 Å². The number of hydrogen-bond acceptors (Lipinski definition) is 7. The molecule has 4 heterocycles. The molecule has 0 aliphatic carbocycles. The number of methoxy groups -OCH3 is 1. The van der Waals surface area contributed by atoms with Crippen molar-refractivity contribution >= 4 is 21.8 Å². The molecule has 0 aliphatic rings. The van der Waals surface area contributed by atoms with E-state index in [1.54, 1.807) is 29.5 Å². The zero-order chi connectivity index (χ0) is 26.1. The molecule has 6 rings (SSSR count). The summed E-state index contributed by atoms with van der Waals surface area (Å²) in [5.74, 6) is -0.0413. The van der Waals surface area contributed by atoms with Crippen LogP contribution in [0.5, 0.6) is 6.01 Å². The number of ether oxygens (including phenoxy) is 1. The van der Waals surface area contributed by atoms with Crippen LogP contribution in [-0.4, -0.2) is 36.6 Å². The maximum Gasteiger partial charge on any atom is 0.316 e. The van der Waals surface area contributed by atoms with Crippen molar-refractivity contribution in [2.45, 2.75) is 19.3 Å². The highest BCUT2D eigenvalue weighted by Crippen LogP contribution is 2.31. The molecule has 8 nitrogen and oxygen atoms in total. The van der Waals surface area contributed by atoms with E-state index >= 15 is 0 Å². The summed E-state index contributed by atoms with van der Waals surface area (Å²) in [6.45, 7) is 2.11. The van der Waals surface area contributed by atoms with Gasteiger partial charge in [-0.05, 0) is 41.3 Å². The first-order valence-corrected chi connectivity index (χ1v) is 12.3. The molecular formula is C30H24N6O2. The minimum absolute atomic E-state index is 0.0413. The summed E-state index contributed by atoms with van der Waals surface area (Å²) >= 11 is 0. The third-order valence-corrected chi connectivity index (χ3v) is 6.69. The molecule has 0 aliphatic heterocycles. The molecule has 0 bridgehead atoms. The molecule has 0 amide bonds. The quantitative estimate of drug-likeness (QED) is 0.312. The number of aromatic nitrogens is 6. The summed E-state index contributed by atoms with van der Waals surface area (Å²) in [6.07, 6.45) is 7.27. The monoisotopic (exact) mass is 500 g/mol. The second-order valence-electron chi connectivity index (χ2n) is 9.07. The van der Waals surface area contributed by atoms with Crippen LogP contribution < -0.4 is 10.3 Å². The third kappa shape index (κ3) is 4.16. The molecule has 0 unspecified atom stereocenters. The Balaban J connectivity index is 1.55. The molecule has 0 spiro atoms. The van der Waals surface area contributed by atoms with Crippen LogP contribution in [0.2, 0.25) is 0 Å². The molecule has 4 aromatic heterocycles. The Morgan fingerprint density at radius 1 is 0.895 bits per heavy atom. The predicted molar refractivity (Wildman–Crippen MR) is 147 cm³/mol. The number of nitrogens with zero attached hydrogens (tertiary/aromatic N) is 6. The van der Waals surface area contributed by atoms with Gasteiger partial charge in [-0.2, -0.15) is 0 Å². The van der Waals surface area contributed by atoms with Crippen LogP contribution in [-0.2, 0) is 6.42 Å². The Hall–Kier alpha value is -4.98. The van der Waals surface area contributed by atoms with Gasteiger partial charge < -0.3 is 4.74 Å². The summed E-state index contributed by atoms with van der Waals surface area (Å²) in [5, 5.41) is 1.46. The standard InChI is InChI=1S/C30H24N6O2/c1-19(14-25-28-24(34-18-35-25)12-7-13-31-28)26-15-20-8-6-11-23(21-16-32-30(38-2)33-17-21)27(20)29(37)36(26)22-9-4-3-5-10-22/h3-13,15-19H,14H2,1-2H3/t19-/m1/s1. The van der Waals surface area contributed by atoms with Crippen LogP contribution in [0.25, 0.3) is 38.6 Å². The van der Waals surface area contributed by atoms with Crippen molar-refractivity contribution in [2.75, 3.05) is 7.11 Å². The van der Waals surface area contributed by atoms with Gasteiger partial charge >= 0.3 is 6.01 Å². The number of hydrogen-bond donors (Lipinski definition) is 0. The second kappa shape index (κ2) is 9.82. The number of rotatable bonds is 6. The summed E-state index contributed by atoms with van der Waals surface area (Å²) in [4.78, 5) is 36.2. The molecular weight excluding hydrogens is 476 g/mol. The van der Waals surface area contributed by atoms with E-state index in [4.69, 9.17) is 4.74 Å². The maximum atomic E-state index is 14.3. The van der Waals surface area contributed by atoms with E-state index in [1.807, 2.05) is 60.7 Å². The molecule has 0 radical (unpaired) electrons. The van der Waals surface area contributed by atoms with Crippen LogP contribution >= 0.6 is 0 Å². The molecule has 0 saturated carbocycles. The van der Waals surface area contributed by atoms with Gasteiger partial charge in [0.1, 0.15) is 11.8 Å². The molecule has 2 aromatic carbocycles. The van der Waals surface area contributed by atoms with Crippen molar-refractivity contribution in [3.05, 3.63) is 113 Å². The number of fused-ring (bicyclic) bond motifs is 2. The average Bonchev–Trinajstić information content (AvgIpc) is 2.97. The second-order valence-corrected chi connectivity index (χ2v) is 9.07. The van der Waals surface area contributed by atoms with Crippen molar-refractivity contribution in [3.63, 3.8) is 0 Å². The van der Waals surface area contributed by atoms with Crippen LogP contribution in [0, 0.1) is 0 Å². The molecule has 0 fully saturated rings. The fourth-order valence-corrected chi connectivity index (χ4v) is 4.88. The van der Waals surface area contributed by atoms with E-state index in [0.29, 0.717) is 11.8 Å². The van der Waals surface area contributed by atoms with Gasteiger partial charge in [0, 0.05) is 47.9 Å². The maximum absolute atomic E-state index is 14.3. The normalized spacial score (nSPS) is 12.1. The minimum Gasteiger partial charge on any atom is -0.467 e. The van der Waals surface area contributed by atoms with Gasteiger partial charge in [-0.1, -0.05) is 43.3 Å². The average molecular weight is 501 g/mol. The Labute approximate surface area is 218 Å². The fourth-order valence-electron chi connectivity index (χ4n) is 4.88. The smallest absolute Gasteiger partial charge is 0.316 e. The van der Waals surface area contributed by atoms with Crippen LogP contribution in [0.15, 0.2) is 96.4 Å². The SMILES string of the molecule is COc1ncc(-c2cccc3cc([C@H](C)Cc4ncnc5cccnc45)n(-c4ccccc4)c(=O)c23)cn1. The van der Waals surface area contributed by atoms with Gasteiger partial charge in [0.05, 0.1) is 23.7 Å². The molecule has 0 saturated heterocycles. The van der Waals surface area contributed by atoms with E-state index in [1.165, 1.54) is 7.11 Å². The first kappa shape index (κ1) is 23.4. The zero-order valence-electron chi connectivity index (χ0n) is 20.9. The van der Waals surface area contributed by atoms with Crippen molar-refractivity contribution < 1.29 is 4.74 Å². The van der Waals surface area contributed by atoms with E-state index in [9.17, 15) is 4.79 Å².